The van der Waals surface area contributed by atoms with Crippen molar-refractivity contribution in [2.75, 3.05) is 6.54 Å². The van der Waals surface area contributed by atoms with Gasteiger partial charge in [0, 0.05) is 23.3 Å². The van der Waals surface area contributed by atoms with Crippen LogP contribution in [-0.2, 0) is 0 Å². The topological polar surface area (TPSA) is 37.8 Å². The maximum absolute atomic E-state index is 4.69. The van der Waals surface area contributed by atoms with Gasteiger partial charge in [-0.3, -0.25) is 4.98 Å². The van der Waals surface area contributed by atoms with Gasteiger partial charge in [-0.25, -0.2) is 4.98 Å². The Kier molecular flexibility index (Phi) is 2.68. The van der Waals surface area contributed by atoms with Crippen molar-refractivity contribution in [3.05, 3.63) is 35.6 Å². The molecule has 4 heteroatoms. The number of aromatic nitrogens is 2. The molecule has 1 saturated heterocycles. The molecule has 1 fully saturated rings. The fourth-order valence-corrected chi connectivity index (χ4v) is 2.89. The molecule has 0 aromatic carbocycles. The third kappa shape index (κ3) is 1.86. The Morgan fingerprint density at radius 1 is 1.31 bits per heavy atom. The number of hydrogen-bond donors (Lipinski definition) is 1. The normalized spacial score (nSPS) is 20.1. The third-order valence-corrected chi connectivity index (χ3v) is 3.78. The second-order valence-corrected chi connectivity index (χ2v) is 4.82. The Morgan fingerprint density at radius 2 is 2.19 bits per heavy atom. The minimum absolute atomic E-state index is 0.465. The number of hydrogen-bond acceptors (Lipinski definition) is 4. The smallest absolute Gasteiger partial charge is 0.123 e. The lowest BCUT2D eigenvalue weighted by Gasteiger charge is -2.04. The molecule has 82 valence electrons. The zero-order valence-electron chi connectivity index (χ0n) is 8.89. The van der Waals surface area contributed by atoms with Crippen LogP contribution >= 0.6 is 11.3 Å². The highest BCUT2D eigenvalue weighted by Crippen LogP contribution is 2.29. The highest BCUT2D eigenvalue weighted by Gasteiger charge is 2.18. The molecule has 0 aliphatic carbocycles. The first kappa shape index (κ1) is 9.93. The van der Waals surface area contributed by atoms with Gasteiger partial charge in [-0.2, -0.15) is 0 Å². The summed E-state index contributed by atoms with van der Waals surface area (Å²) in [6.07, 6.45) is 6.08. The number of pyridine rings is 1. The number of nitrogens with one attached hydrogen (secondary N) is 1. The van der Waals surface area contributed by atoms with E-state index in [2.05, 4.69) is 15.7 Å². The average Bonchev–Trinajstić information content (AvgIpc) is 3.01. The Balaban J connectivity index is 1.87. The summed E-state index contributed by atoms with van der Waals surface area (Å²) in [7, 11) is 0. The predicted molar refractivity (Wildman–Crippen MR) is 65.3 cm³/mol. The molecule has 1 atom stereocenters. The quantitative estimate of drug-likeness (QED) is 0.863. The molecule has 2 aromatic heterocycles. The number of thiazole rings is 1. The van der Waals surface area contributed by atoms with Gasteiger partial charge in [0.15, 0.2) is 0 Å². The standard InChI is InChI=1S/C12H13N3S/c1-2-10(14-5-1)11-8-16-12(15-11)9-3-6-13-7-4-9/h3-4,6-8,10,14H,1-2,5H2/t10-/m0/s1. The molecule has 1 aliphatic heterocycles. The summed E-state index contributed by atoms with van der Waals surface area (Å²) < 4.78 is 0. The minimum atomic E-state index is 0.465. The van der Waals surface area contributed by atoms with Gasteiger partial charge in [-0.15, -0.1) is 11.3 Å². The van der Waals surface area contributed by atoms with Crippen molar-refractivity contribution >= 4 is 11.3 Å². The number of rotatable bonds is 2. The molecule has 16 heavy (non-hydrogen) atoms. The van der Waals surface area contributed by atoms with Crippen molar-refractivity contribution in [2.45, 2.75) is 18.9 Å². The molecular formula is C12H13N3S. The van der Waals surface area contributed by atoms with E-state index < -0.39 is 0 Å². The Morgan fingerprint density at radius 3 is 2.94 bits per heavy atom. The summed E-state index contributed by atoms with van der Waals surface area (Å²) in [5, 5.41) is 6.72. The summed E-state index contributed by atoms with van der Waals surface area (Å²) in [6.45, 7) is 1.12. The van der Waals surface area contributed by atoms with E-state index in [1.807, 2.05) is 24.5 Å². The highest BCUT2D eigenvalue weighted by molar-refractivity contribution is 7.13. The van der Waals surface area contributed by atoms with Crippen LogP contribution in [0.15, 0.2) is 29.9 Å². The van der Waals surface area contributed by atoms with Gasteiger partial charge < -0.3 is 5.32 Å². The van der Waals surface area contributed by atoms with Crippen LogP contribution in [0.2, 0.25) is 0 Å². The Labute approximate surface area is 98.6 Å². The molecule has 1 N–H and O–H groups in total. The first-order valence-electron chi connectivity index (χ1n) is 5.53. The van der Waals surface area contributed by atoms with Crippen LogP contribution < -0.4 is 5.32 Å². The molecule has 1 aliphatic rings. The molecule has 2 aromatic rings. The fraction of sp³-hybridized carbons (Fsp3) is 0.333. The highest BCUT2D eigenvalue weighted by atomic mass is 32.1. The zero-order valence-corrected chi connectivity index (χ0v) is 9.70. The van der Waals surface area contributed by atoms with Gasteiger partial charge in [0.2, 0.25) is 0 Å². The minimum Gasteiger partial charge on any atom is -0.309 e. The van der Waals surface area contributed by atoms with E-state index in [-0.39, 0.29) is 0 Å². The maximum atomic E-state index is 4.69. The molecule has 0 bridgehead atoms. The van der Waals surface area contributed by atoms with E-state index in [1.165, 1.54) is 18.5 Å². The lowest BCUT2D eigenvalue weighted by Crippen LogP contribution is -2.12. The van der Waals surface area contributed by atoms with Crippen LogP contribution in [0.4, 0.5) is 0 Å². The van der Waals surface area contributed by atoms with E-state index in [9.17, 15) is 0 Å². The van der Waals surface area contributed by atoms with Crippen LogP contribution in [0.5, 0.6) is 0 Å². The number of nitrogens with zero attached hydrogens (tertiary/aromatic N) is 2. The van der Waals surface area contributed by atoms with Crippen molar-refractivity contribution < 1.29 is 0 Å². The van der Waals surface area contributed by atoms with E-state index in [4.69, 9.17) is 4.98 Å². The van der Waals surface area contributed by atoms with Gasteiger partial charge >= 0.3 is 0 Å². The molecule has 3 nitrogen and oxygen atoms in total. The molecule has 0 spiro atoms. The van der Waals surface area contributed by atoms with E-state index in [0.717, 1.165) is 17.1 Å². The molecule has 0 saturated carbocycles. The van der Waals surface area contributed by atoms with Crippen LogP contribution in [0.25, 0.3) is 10.6 Å². The third-order valence-electron chi connectivity index (χ3n) is 2.87. The monoisotopic (exact) mass is 231 g/mol. The summed E-state index contributed by atoms with van der Waals surface area (Å²) in [4.78, 5) is 8.71. The molecule has 3 heterocycles. The lowest BCUT2D eigenvalue weighted by molar-refractivity contribution is 0.632. The largest absolute Gasteiger partial charge is 0.309 e. The summed E-state index contributed by atoms with van der Waals surface area (Å²) in [5.74, 6) is 0. The molecule has 0 unspecified atom stereocenters. The molecule has 3 rings (SSSR count). The molecule has 0 radical (unpaired) electrons. The maximum Gasteiger partial charge on any atom is 0.123 e. The predicted octanol–water partition coefficient (Wildman–Crippen LogP) is 2.63. The van der Waals surface area contributed by atoms with Crippen LogP contribution in [0.1, 0.15) is 24.6 Å². The summed E-state index contributed by atoms with van der Waals surface area (Å²) >= 11 is 1.71. The van der Waals surface area contributed by atoms with Gasteiger partial charge in [-0.05, 0) is 31.5 Å². The van der Waals surface area contributed by atoms with Gasteiger partial charge in [0.1, 0.15) is 5.01 Å². The van der Waals surface area contributed by atoms with Crippen molar-refractivity contribution in [2.24, 2.45) is 0 Å². The summed E-state index contributed by atoms with van der Waals surface area (Å²) in [5.41, 5.74) is 2.35. The fourth-order valence-electron chi connectivity index (χ4n) is 2.01. The lowest BCUT2D eigenvalue weighted by atomic mass is 10.2. The molecule has 0 amide bonds. The molecular weight excluding hydrogens is 218 g/mol. The van der Waals surface area contributed by atoms with Crippen LogP contribution in [-0.4, -0.2) is 16.5 Å². The summed E-state index contributed by atoms with van der Waals surface area (Å²) in [6, 6.07) is 4.47. The van der Waals surface area contributed by atoms with Crippen LogP contribution in [0.3, 0.4) is 0 Å². The van der Waals surface area contributed by atoms with Crippen molar-refractivity contribution in [3.63, 3.8) is 0 Å². The van der Waals surface area contributed by atoms with Crippen molar-refractivity contribution in [1.29, 1.82) is 0 Å². The van der Waals surface area contributed by atoms with E-state index in [0.29, 0.717) is 6.04 Å². The van der Waals surface area contributed by atoms with Crippen LogP contribution in [0, 0.1) is 0 Å². The van der Waals surface area contributed by atoms with E-state index in [1.54, 1.807) is 11.3 Å². The first-order chi connectivity index (χ1) is 7.93. The van der Waals surface area contributed by atoms with Gasteiger partial charge in [-0.1, -0.05) is 0 Å². The first-order valence-corrected chi connectivity index (χ1v) is 6.40. The van der Waals surface area contributed by atoms with E-state index >= 15 is 0 Å². The zero-order chi connectivity index (χ0) is 10.8. The Hall–Kier alpha value is -1.26. The van der Waals surface area contributed by atoms with Gasteiger partial charge in [0.25, 0.3) is 0 Å². The average molecular weight is 231 g/mol. The SMILES string of the molecule is c1cc(-c2nc([C@@H]3CCCN3)cs2)ccn1. The second kappa shape index (κ2) is 4.31. The van der Waals surface area contributed by atoms with Crippen molar-refractivity contribution in [1.82, 2.24) is 15.3 Å². The van der Waals surface area contributed by atoms with Crippen molar-refractivity contribution in [3.8, 4) is 10.6 Å². The van der Waals surface area contributed by atoms with Gasteiger partial charge in [0.05, 0.1) is 11.7 Å². The second-order valence-electron chi connectivity index (χ2n) is 3.96. The Bertz CT molecular complexity index is 460.